The number of hydrogen-bond donors (Lipinski definition) is 1. The molecule has 0 radical (unpaired) electrons. The van der Waals surface area contributed by atoms with Crippen LogP contribution >= 0.6 is 0 Å². The van der Waals surface area contributed by atoms with Crippen LogP contribution in [0.4, 0.5) is 0 Å². The van der Waals surface area contributed by atoms with Crippen molar-refractivity contribution < 1.29 is 4.74 Å². The van der Waals surface area contributed by atoms with Gasteiger partial charge in [-0.25, -0.2) is 0 Å². The van der Waals surface area contributed by atoms with Crippen LogP contribution in [0.2, 0.25) is 0 Å². The van der Waals surface area contributed by atoms with Crippen molar-refractivity contribution in [2.45, 2.75) is 26.3 Å². The molecule has 0 aromatic heterocycles. The van der Waals surface area contributed by atoms with Gasteiger partial charge in [-0.3, -0.25) is 0 Å². The second-order valence-electron chi connectivity index (χ2n) is 4.87. The second kappa shape index (κ2) is 7.71. The number of hydrogen-bond acceptors (Lipinski definition) is 2. The van der Waals surface area contributed by atoms with Gasteiger partial charge >= 0.3 is 0 Å². The Balaban J connectivity index is 2.28. The van der Waals surface area contributed by atoms with Crippen LogP contribution in [0.3, 0.4) is 0 Å². The Labute approximate surface area is 121 Å². The lowest BCUT2D eigenvalue weighted by Crippen LogP contribution is -2.15. The van der Waals surface area contributed by atoms with Gasteiger partial charge in [-0.15, -0.1) is 6.58 Å². The summed E-state index contributed by atoms with van der Waals surface area (Å²) in [5, 5.41) is 6.01. The van der Waals surface area contributed by atoms with Crippen molar-refractivity contribution in [2.24, 2.45) is 0 Å². The third kappa shape index (κ3) is 3.61. The molecule has 2 aromatic rings. The fourth-order valence-corrected chi connectivity index (χ4v) is 2.28. The van der Waals surface area contributed by atoms with E-state index in [1.165, 1.54) is 16.3 Å². The van der Waals surface area contributed by atoms with Gasteiger partial charge in [0.1, 0.15) is 5.75 Å². The highest BCUT2D eigenvalue weighted by molar-refractivity contribution is 5.87. The molecule has 0 aliphatic rings. The van der Waals surface area contributed by atoms with Gasteiger partial charge in [-0.2, -0.15) is 0 Å². The lowest BCUT2D eigenvalue weighted by Gasteiger charge is -2.14. The molecule has 2 aromatic carbocycles. The first kappa shape index (κ1) is 14.6. The van der Waals surface area contributed by atoms with Gasteiger partial charge in [0, 0.05) is 12.1 Å². The Morgan fingerprint density at radius 3 is 2.85 bits per heavy atom. The van der Waals surface area contributed by atoms with Crippen molar-refractivity contribution in [1.29, 1.82) is 0 Å². The molecule has 2 rings (SSSR count). The number of rotatable bonds is 8. The van der Waals surface area contributed by atoms with E-state index in [2.05, 4.69) is 55.2 Å². The summed E-state index contributed by atoms with van der Waals surface area (Å²) in [4.78, 5) is 0. The zero-order chi connectivity index (χ0) is 14.2. The number of nitrogens with one attached hydrogen (secondary N) is 1. The highest BCUT2D eigenvalue weighted by Crippen LogP contribution is 2.28. The summed E-state index contributed by atoms with van der Waals surface area (Å²) in [6.07, 6.45) is 3.89. The van der Waals surface area contributed by atoms with Crippen molar-refractivity contribution in [1.82, 2.24) is 5.32 Å². The fourth-order valence-electron chi connectivity index (χ4n) is 2.28. The molecule has 0 fully saturated rings. The molecule has 0 saturated heterocycles. The molecule has 2 heteroatoms. The maximum atomic E-state index is 5.91. The van der Waals surface area contributed by atoms with E-state index in [0.717, 1.165) is 31.7 Å². The molecule has 0 spiro atoms. The fraction of sp³-hybridized carbons (Fsp3) is 0.333. The summed E-state index contributed by atoms with van der Waals surface area (Å²) in [5.41, 5.74) is 1.25. The van der Waals surface area contributed by atoms with Gasteiger partial charge in [0.05, 0.1) is 6.61 Å². The van der Waals surface area contributed by atoms with Gasteiger partial charge in [0.25, 0.3) is 0 Å². The Morgan fingerprint density at radius 1 is 1.20 bits per heavy atom. The average molecular weight is 269 g/mol. The molecule has 2 nitrogen and oxygen atoms in total. The van der Waals surface area contributed by atoms with Crippen molar-refractivity contribution in [3.8, 4) is 5.75 Å². The van der Waals surface area contributed by atoms with E-state index >= 15 is 0 Å². The zero-order valence-electron chi connectivity index (χ0n) is 12.2. The zero-order valence-corrected chi connectivity index (χ0v) is 12.2. The molecule has 106 valence electrons. The van der Waals surface area contributed by atoms with Crippen LogP contribution in [0.15, 0.2) is 49.1 Å². The van der Waals surface area contributed by atoms with Crippen molar-refractivity contribution >= 4 is 10.8 Å². The van der Waals surface area contributed by atoms with Crippen LogP contribution in [0.25, 0.3) is 10.8 Å². The van der Waals surface area contributed by atoms with E-state index in [1.807, 2.05) is 6.08 Å². The topological polar surface area (TPSA) is 21.3 Å². The van der Waals surface area contributed by atoms with Crippen LogP contribution in [0.1, 0.15) is 25.3 Å². The smallest absolute Gasteiger partial charge is 0.124 e. The standard InChI is InChI=1S/C18H23NO/c1-3-5-13-20-18-11-10-15-8-6-7-9-16(15)17(18)14-19-12-4-2/h3,6-11,19H,1,4-5,12-14H2,2H3. The van der Waals surface area contributed by atoms with Crippen LogP contribution in [0, 0.1) is 0 Å². The summed E-state index contributed by atoms with van der Waals surface area (Å²) < 4.78 is 5.91. The van der Waals surface area contributed by atoms with Gasteiger partial charge in [0.15, 0.2) is 0 Å². The van der Waals surface area contributed by atoms with Crippen LogP contribution in [-0.4, -0.2) is 13.2 Å². The predicted molar refractivity (Wildman–Crippen MR) is 86.3 cm³/mol. The largest absolute Gasteiger partial charge is 0.493 e. The Kier molecular flexibility index (Phi) is 5.63. The maximum absolute atomic E-state index is 5.91. The number of fused-ring (bicyclic) bond motifs is 1. The molecule has 0 amide bonds. The SMILES string of the molecule is C=CCCOc1ccc2ccccc2c1CNCCC. The molecule has 0 atom stereocenters. The van der Waals surface area contributed by atoms with E-state index < -0.39 is 0 Å². The molecular formula is C18H23NO. The maximum Gasteiger partial charge on any atom is 0.124 e. The van der Waals surface area contributed by atoms with E-state index in [0.29, 0.717) is 6.61 Å². The first-order chi connectivity index (χ1) is 9.86. The normalized spacial score (nSPS) is 10.7. The van der Waals surface area contributed by atoms with Gasteiger partial charge in [-0.1, -0.05) is 43.3 Å². The minimum atomic E-state index is 0.683. The predicted octanol–water partition coefficient (Wildman–Crippen LogP) is 4.29. The minimum Gasteiger partial charge on any atom is -0.493 e. The lowest BCUT2D eigenvalue weighted by atomic mass is 10.0. The Hall–Kier alpha value is -1.80. The van der Waals surface area contributed by atoms with Crippen LogP contribution in [0.5, 0.6) is 5.75 Å². The van der Waals surface area contributed by atoms with Crippen LogP contribution in [-0.2, 0) is 6.54 Å². The lowest BCUT2D eigenvalue weighted by molar-refractivity contribution is 0.321. The quantitative estimate of drug-likeness (QED) is 0.570. The third-order valence-electron chi connectivity index (χ3n) is 3.31. The highest BCUT2D eigenvalue weighted by atomic mass is 16.5. The summed E-state index contributed by atoms with van der Waals surface area (Å²) in [7, 11) is 0. The Bertz CT molecular complexity index is 562. The summed E-state index contributed by atoms with van der Waals surface area (Å²) >= 11 is 0. The Morgan fingerprint density at radius 2 is 2.05 bits per heavy atom. The average Bonchev–Trinajstić information content (AvgIpc) is 2.49. The molecule has 1 N–H and O–H groups in total. The molecular weight excluding hydrogens is 246 g/mol. The minimum absolute atomic E-state index is 0.683. The van der Waals surface area contributed by atoms with E-state index in [9.17, 15) is 0 Å². The molecule has 0 unspecified atom stereocenters. The first-order valence-electron chi connectivity index (χ1n) is 7.32. The molecule has 0 aliphatic carbocycles. The summed E-state index contributed by atoms with van der Waals surface area (Å²) in [6, 6.07) is 12.7. The monoisotopic (exact) mass is 269 g/mol. The highest BCUT2D eigenvalue weighted by Gasteiger charge is 2.08. The third-order valence-corrected chi connectivity index (χ3v) is 3.31. The summed E-state index contributed by atoms with van der Waals surface area (Å²) in [5.74, 6) is 0.981. The molecule has 0 heterocycles. The van der Waals surface area contributed by atoms with Crippen molar-refractivity contribution in [2.75, 3.05) is 13.2 Å². The van der Waals surface area contributed by atoms with Gasteiger partial charge in [-0.05, 0) is 36.2 Å². The molecule has 0 aliphatic heterocycles. The van der Waals surface area contributed by atoms with Crippen molar-refractivity contribution in [3.05, 3.63) is 54.6 Å². The van der Waals surface area contributed by atoms with E-state index in [4.69, 9.17) is 4.74 Å². The van der Waals surface area contributed by atoms with E-state index in [1.54, 1.807) is 0 Å². The molecule has 20 heavy (non-hydrogen) atoms. The van der Waals surface area contributed by atoms with Gasteiger partial charge < -0.3 is 10.1 Å². The molecule has 0 saturated carbocycles. The second-order valence-corrected chi connectivity index (χ2v) is 4.87. The van der Waals surface area contributed by atoms with E-state index in [-0.39, 0.29) is 0 Å². The van der Waals surface area contributed by atoms with Crippen LogP contribution < -0.4 is 10.1 Å². The molecule has 0 bridgehead atoms. The summed E-state index contributed by atoms with van der Waals surface area (Å²) in [6.45, 7) is 8.46. The number of ether oxygens (including phenoxy) is 1. The number of benzene rings is 2. The van der Waals surface area contributed by atoms with Gasteiger partial charge in [0.2, 0.25) is 0 Å². The first-order valence-corrected chi connectivity index (χ1v) is 7.32. The van der Waals surface area contributed by atoms with Crippen molar-refractivity contribution in [3.63, 3.8) is 0 Å².